The highest BCUT2D eigenvalue weighted by molar-refractivity contribution is 7.92. The largest absolute Gasteiger partial charge is 0.268 e. The van der Waals surface area contributed by atoms with Gasteiger partial charge in [-0.05, 0) is 37.3 Å². The smallest absolute Gasteiger partial charge is 0.239 e. The SMILES string of the molecule is C[C@@H]1CN(S(=O)(=O)Cc2cc(Cl)ccc2F)c2ccccc2[S@@]1=O. The normalized spacial score (nSPS) is 20.7. The van der Waals surface area contributed by atoms with Gasteiger partial charge in [-0.3, -0.25) is 8.51 Å². The van der Waals surface area contributed by atoms with Gasteiger partial charge in [0.15, 0.2) is 0 Å². The van der Waals surface area contributed by atoms with E-state index in [9.17, 15) is 17.0 Å². The topological polar surface area (TPSA) is 54.5 Å². The number of fused-ring (bicyclic) bond motifs is 1. The molecule has 0 saturated heterocycles. The molecule has 4 nitrogen and oxygen atoms in total. The van der Waals surface area contributed by atoms with Gasteiger partial charge >= 0.3 is 0 Å². The number of benzene rings is 2. The lowest BCUT2D eigenvalue weighted by Gasteiger charge is -2.33. The summed E-state index contributed by atoms with van der Waals surface area (Å²) in [4.78, 5) is 0.478. The Morgan fingerprint density at radius 3 is 2.75 bits per heavy atom. The lowest BCUT2D eigenvalue weighted by atomic mass is 10.2. The van der Waals surface area contributed by atoms with Crippen LogP contribution in [-0.4, -0.2) is 24.4 Å². The second-order valence-corrected chi connectivity index (χ2v) is 9.77. The first-order valence-corrected chi connectivity index (χ1v) is 10.4. The van der Waals surface area contributed by atoms with Gasteiger partial charge in [0.2, 0.25) is 10.0 Å². The summed E-state index contributed by atoms with van der Waals surface area (Å²) in [6.45, 7) is 1.82. The predicted octanol–water partition coefficient (Wildman–Crippen LogP) is 3.33. The summed E-state index contributed by atoms with van der Waals surface area (Å²) < 4.78 is 53.2. The molecule has 128 valence electrons. The van der Waals surface area contributed by atoms with Crippen molar-refractivity contribution in [3.05, 3.63) is 58.9 Å². The Balaban J connectivity index is 2.02. The maximum absolute atomic E-state index is 13.9. The van der Waals surface area contributed by atoms with Crippen molar-refractivity contribution >= 4 is 38.1 Å². The van der Waals surface area contributed by atoms with Crippen LogP contribution in [0.25, 0.3) is 0 Å². The van der Waals surface area contributed by atoms with E-state index in [1.165, 1.54) is 16.4 Å². The van der Waals surface area contributed by atoms with Crippen LogP contribution in [0.3, 0.4) is 0 Å². The Morgan fingerprint density at radius 1 is 1.29 bits per heavy atom. The number of halogens is 2. The zero-order chi connectivity index (χ0) is 17.5. The molecule has 1 aliphatic rings. The van der Waals surface area contributed by atoms with E-state index >= 15 is 0 Å². The Labute approximate surface area is 147 Å². The molecule has 0 spiro atoms. The number of hydrogen-bond acceptors (Lipinski definition) is 3. The summed E-state index contributed by atoms with van der Waals surface area (Å²) in [5.74, 6) is -1.13. The van der Waals surface area contributed by atoms with E-state index in [1.807, 2.05) is 0 Å². The molecule has 0 N–H and O–H groups in total. The van der Waals surface area contributed by atoms with Crippen molar-refractivity contribution in [1.82, 2.24) is 0 Å². The molecule has 8 heteroatoms. The van der Waals surface area contributed by atoms with Gasteiger partial charge in [-0.1, -0.05) is 23.7 Å². The molecule has 0 amide bonds. The van der Waals surface area contributed by atoms with E-state index in [0.29, 0.717) is 10.6 Å². The van der Waals surface area contributed by atoms with E-state index in [1.54, 1.807) is 31.2 Å². The fourth-order valence-electron chi connectivity index (χ4n) is 2.64. The number of hydrogen-bond donors (Lipinski definition) is 0. The molecule has 0 aliphatic carbocycles. The highest BCUT2D eigenvalue weighted by Crippen LogP contribution is 2.34. The number of anilines is 1. The average Bonchev–Trinajstić information content (AvgIpc) is 2.54. The van der Waals surface area contributed by atoms with Crippen LogP contribution in [0, 0.1) is 5.82 Å². The molecule has 0 radical (unpaired) electrons. The van der Waals surface area contributed by atoms with Crippen molar-refractivity contribution < 1.29 is 17.0 Å². The molecular formula is C16H15ClFNO3S2. The predicted molar refractivity (Wildman–Crippen MR) is 93.7 cm³/mol. The van der Waals surface area contributed by atoms with E-state index in [-0.39, 0.29) is 22.4 Å². The number of rotatable bonds is 3. The minimum absolute atomic E-state index is 0.0133. The van der Waals surface area contributed by atoms with Gasteiger partial charge in [-0.2, -0.15) is 0 Å². The van der Waals surface area contributed by atoms with Crippen LogP contribution in [0.2, 0.25) is 5.02 Å². The zero-order valence-corrected chi connectivity index (χ0v) is 15.2. The monoisotopic (exact) mass is 387 g/mol. The van der Waals surface area contributed by atoms with Crippen LogP contribution in [0.5, 0.6) is 0 Å². The van der Waals surface area contributed by atoms with E-state index in [0.717, 1.165) is 6.07 Å². The summed E-state index contributed by atoms with van der Waals surface area (Å²) in [5, 5.41) is -0.0750. The molecule has 2 atom stereocenters. The second-order valence-electron chi connectivity index (χ2n) is 5.60. The molecule has 0 aromatic heterocycles. The molecule has 1 heterocycles. The maximum atomic E-state index is 13.9. The van der Waals surface area contributed by atoms with Crippen molar-refractivity contribution in [3.8, 4) is 0 Å². The summed E-state index contributed by atoms with van der Waals surface area (Å²) in [5.41, 5.74) is 0.399. The third kappa shape index (κ3) is 3.20. The molecule has 2 aromatic rings. The van der Waals surface area contributed by atoms with Crippen LogP contribution in [-0.2, 0) is 26.6 Å². The highest BCUT2D eigenvalue weighted by atomic mass is 35.5. The first-order chi connectivity index (χ1) is 11.3. The van der Waals surface area contributed by atoms with E-state index in [4.69, 9.17) is 11.6 Å². The van der Waals surface area contributed by atoms with Crippen molar-refractivity contribution in [2.24, 2.45) is 0 Å². The highest BCUT2D eigenvalue weighted by Gasteiger charge is 2.34. The van der Waals surface area contributed by atoms with Gasteiger partial charge in [0.1, 0.15) is 5.82 Å². The van der Waals surface area contributed by atoms with Crippen molar-refractivity contribution in [2.45, 2.75) is 22.8 Å². The lowest BCUT2D eigenvalue weighted by Crippen LogP contribution is -2.42. The van der Waals surface area contributed by atoms with Gasteiger partial charge in [-0.25, -0.2) is 12.8 Å². The van der Waals surface area contributed by atoms with Gasteiger partial charge in [-0.15, -0.1) is 0 Å². The summed E-state index contributed by atoms with van der Waals surface area (Å²) >= 11 is 5.84. The molecular weight excluding hydrogens is 373 g/mol. The van der Waals surface area contributed by atoms with E-state index in [2.05, 4.69) is 0 Å². The summed E-state index contributed by atoms with van der Waals surface area (Å²) in [6, 6.07) is 10.5. The van der Waals surface area contributed by atoms with Gasteiger partial charge in [0.05, 0.1) is 32.4 Å². The van der Waals surface area contributed by atoms with Crippen LogP contribution >= 0.6 is 11.6 Å². The Hall–Kier alpha value is -1.44. The van der Waals surface area contributed by atoms with Crippen molar-refractivity contribution in [2.75, 3.05) is 10.8 Å². The lowest BCUT2D eigenvalue weighted by molar-refractivity contribution is 0.580. The van der Waals surface area contributed by atoms with Crippen molar-refractivity contribution in [1.29, 1.82) is 0 Å². The third-order valence-corrected chi connectivity index (χ3v) is 7.41. The second kappa shape index (κ2) is 6.46. The third-order valence-electron chi connectivity index (χ3n) is 3.82. The number of nitrogens with zero attached hydrogens (tertiary/aromatic N) is 1. The number of para-hydroxylation sites is 1. The van der Waals surface area contributed by atoms with Gasteiger partial charge in [0.25, 0.3) is 0 Å². The fourth-order valence-corrected chi connectivity index (χ4v) is 5.98. The van der Waals surface area contributed by atoms with Crippen LogP contribution in [0.15, 0.2) is 47.4 Å². The molecule has 1 aliphatic heterocycles. The average molecular weight is 388 g/mol. The van der Waals surface area contributed by atoms with Crippen LogP contribution < -0.4 is 4.31 Å². The zero-order valence-electron chi connectivity index (χ0n) is 12.8. The molecule has 0 saturated carbocycles. The maximum Gasteiger partial charge on any atom is 0.239 e. The molecule has 0 bridgehead atoms. The first-order valence-electron chi connectivity index (χ1n) is 7.23. The Kier molecular flexibility index (Phi) is 4.68. The standard InChI is InChI=1S/C16H15ClFNO3S2/c1-11-9-19(15-4-2-3-5-16(15)23(11)20)24(21,22)10-12-8-13(17)6-7-14(12)18/h2-8,11H,9-10H2,1H3/t11-,23-/m1/s1. The Morgan fingerprint density at radius 2 is 2.00 bits per heavy atom. The van der Waals surface area contributed by atoms with Crippen LogP contribution in [0.4, 0.5) is 10.1 Å². The van der Waals surface area contributed by atoms with Gasteiger partial charge in [0, 0.05) is 17.1 Å². The molecule has 2 aromatic carbocycles. The Bertz CT molecular complexity index is 917. The quantitative estimate of drug-likeness (QED) is 0.811. The van der Waals surface area contributed by atoms with Crippen LogP contribution in [0.1, 0.15) is 12.5 Å². The fraction of sp³-hybridized carbons (Fsp3) is 0.250. The molecule has 3 rings (SSSR count). The first kappa shape index (κ1) is 17.4. The summed E-state index contributed by atoms with van der Waals surface area (Å²) in [7, 11) is -5.12. The minimum Gasteiger partial charge on any atom is -0.268 e. The minimum atomic E-state index is -3.85. The molecule has 0 unspecified atom stereocenters. The molecule has 24 heavy (non-hydrogen) atoms. The van der Waals surface area contributed by atoms with Gasteiger partial charge < -0.3 is 0 Å². The molecule has 0 fully saturated rings. The summed E-state index contributed by atoms with van der Waals surface area (Å²) in [6.07, 6.45) is 0. The van der Waals surface area contributed by atoms with Crippen molar-refractivity contribution in [3.63, 3.8) is 0 Å². The van der Waals surface area contributed by atoms with E-state index < -0.39 is 32.4 Å². The number of sulfonamides is 1.